The molecule has 1 aliphatic carbocycles. The van der Waals surface area contributed by atoms with Crippen molar-refractivity contribution in [1.82, 2.24) is 15.0 Å². The zero-order valence-electron chi connectivity index (χ0n) is 10.9. The van der Waals surface area contributed by atoms with E-state index in [4.69, 9.17) is 4.98 Å². The third-order valence-corrected chi connectivity index (χ3v) is 4.13. The van der Waals surface area contributed by atoms with Crippen LogP contribution < -0.4 is 0 Å². The number of H-pyrrole nitrogens is 1. The summed E-state index contributed by atoms with van der Waals surface area (Å²) < 4.78 is 0. The van der Waals surface area contributed by atoms with Crippen LogP contribution >= 0.6 is 0 Å². The van der Waals surface area contributed by atoms with Crippen LogP contribution in [-0.2, 0) is 5.41 Å². The Morgan fingerprint density at radius 3 is 2.58 bits per heavy atom. The van der Waals surface area contributed by atoms with Gasteiger partial charge in [-0.3, -0.25) is 0 Å². The number of fused-ring (bicyclic) bond motifs is 1. The lowest BCUT2D eigenvalue weighted by atomic mass is 9.95. The fourth-order valence-electron chi connectivity index (χ4n) is 2.81. The van der Waals surface area contributed by atoms with E-state index in [-0.39, 0.29) is 5.41 Å². The molecule has 1 fully saturated rings. The van der Waals surface area contributed by atoms with Crippen molar-refractivity contribution in [3.8, 4) is 0 Å². The molecule has 0 bridgehead atoms. The molecular weight excluding hydrogens is 234 g/mol. The van der Waals surface area contributed by atoms with E-state index in [1.807, 2.05) is 12.3 Å². The van der Waals surface area contributed by atoms with Crippen LogP contribution in [0.1, 0.15) is 29.8 Å². The highest BCUT2D eigenvalue weighted by atomic mass is 15.0. The third kappa shape index (κ3) is 1.51. The van der Waals surface area contributed by atoms with Crippen LogP contribution in [0.3, 0.4) is 0 Å². The second kappa shape index (κ2) is 3.67. The van der Waals surface area contributed by atoms with Crippen molar-refractivity contribution in [2.75, 3.05) is 0 Å². The van der Waals surface area contributed by atoms with Crippen molar-refractivity contribution in [1.29, 1.82) is 0 Å². The molecule has 0 aliphatic heterocycles. The van der Waals surface area contributed by atoms with Crippen molar-refractivity contribution in [3.63, 3.8) is 0 Å². The Kier molecular flexibility index (Phi) is 2.07. The van der Waals surface area contributed by atoms with E-state index in [2.05, 4.69) is 47.2 Å². The molecule has 2 heterocycles. The van der Waals surface area contributed by atoms with Gasteiger partial charge in [-0.15, -0.1) is 0 Å². The van der Waals surface area contributed by atoms with Crippen LogP contribution in [0.5, 0.6) is 0 Å². The van der Waals surface area contributed by atoms with Crippen LogP contribution in [0, 0.1) is 6.92 Å². The molecule has 94 valence electrons. The van der Waals surface area contributed by atoms with Gasteiger partial charge in [-0.1, -0.05) is 30.3 Å². The number of pyridine rings is 1. The topological polar surface area (TPSA) is 41.6 Å². The van der Waals surface area contributed by atoms with Gasteiger partial charge in [-0.25, -0.2) is 9.97 Å². The first-order valence-corrected chi connectivity index (χ1v) is 6.67. The maximum Gasteiger partial charge on any atom is 0.177 e. The van der Waals surface area contributed by atoms with Crippen LogP contribution in [0.25, 0.3) is 11.2 Å². The summed E-state index contributed by atoms with van der Waals surface area (Å²) in [5, 5.41) is 0. The zero-order chi connectivity index (χ0) is 12.9. The van der Waals surface area contributed by atoms with Gasteiger partial charge in [0.2, 0.25) is 0 Å². The maximum atomic E-state index is 4.72. The van der Waals surface area contributed by atoms with Crippen LogP contribution in [0.15, 0.2) is 42.6 Å². The molecule has 1 aromatic carbocycles. The highest BCUT2D eigenvalue weighted by Gasteiger charge is 2.48. The lowest BCUT2D eigenvalue weighted by Gasteiger charge is -2.12. The van der Waals surface area contributed by atoms with Crippen molar-refractivity contribution >= 4 is 11.2 Å². The normalized spacial score (nSPS) is 16.7. The molecule has 0 spiro atoms. The summed E-state index contributed by atoms with van der Waals surface area (Å²) in [4.78, 5) is 12.6. The molecule has 1 N–H and O–H groups in total. The van der Waals surface area contributed by atoms with E-state index >= 15 is 0 Å². The monoisotopic (exact) mass is 249 g/mol. The minimum Gasteiger partial charge on any atom is -0.340 e. The number of aryl methyl sites for hydroxylation is 1. The number of rotatable bonds is 2. The summed E-state index contributed by atoms with van der Waals surface area (Å²) in [7, 11) is 0. The molecule has 1 saturated carbocycles. The molecule has 1 aliphatic rings. The Morgan fingerprint density at radius 2 is 1.89 bits per heavy atom. The summed E-state index contributed by atoms with van der Waals surface area (Å²) in [6.07, 6.45) is 4.15. The Labute approximate surface area is 111 Å². The molecule has 0 amide bonds. The smallest absolute Gasteiger partial charge is 0.177 e. The number of hydrogen-bond donors (Lipinski definition) is 1. The molecule has 4 rings (SSSR count). The number of nitrogens with one attached hydrogen (secondary N) is 1. The van der Waals surface area contributed by atoms with Crippen LogP contribution in [0.4, 0.5) is 0 Å². The van der Waals surface area contributed by atoms with Gasteiger partial charge >= 0.3 is 0 Å². The van der Waals surface area contributed by atoms with Crippen LogP contribution in [-0.4, -0.2) is 15.0 Å². The van der Waals surface area contributed by atoms with Crippen molar-refractivity contribution in [2.45, 2.75) is 25.2 Å². The lowest BCUT2D eigenvalue weighted by molar-refractivity contribution is 0.778. The van der Waals surface area contributed by atoms with E-state index < -0.39 is 0 Å². The molecular formula is C16H15N3. The molecule has 0 saturated heterocycles. The number of benzene rings is 1. The van der Waals surface area contributed by atoms with Gasteiger partial charge in [0.05, 0.1) is 10.9 Å². The molecule has 0 unspecified atom stereocenters. The second-order valence-electron chi connectivity index (χ2n) is 5.36. The summed E-state index contributed by atoms with van der Waals surface area (Å²) >= 11 is 0. The quantitative estimate of drug-likeness (QED) is 0.756. The molecule has 0 atom stereocenters. The molecule has 3 nitrogen and oxygen atoms in total. The Bertz CT molecular complexity index is 739. The van der Waals surface area contributed by atoms with E-state index in [0.29, 0.717) is 0 Å². The predicted octanol–water partition coefficient (Wildman–Crippen LogP) is 3.35. The first kappa shape index (κ1) is 10.7. The van der Waals surface area contributed by atoms with E-state index in [0.717, 1.165) is 29.8 Å². The van der Waals surface area contributed by atoms with E-state index in [1.54, 1.807) is 0 Å². The summed E-state index contributed by atoms with van der Waals surface area (Å²) in [5.41, 5.74) is 4.55. The van der Waals surface area contributed by atoms with Gasteiger partial charge in [0.25, 0.3) is 0 Å². The number of hydrogen-bond acceptors (Lipinski definition) is 2. The minimum atomic E-state index is 0.0917. The number of aromatic nitrogens is 3. The minimum absolute atomic E-state index is 0.0917. The summed E-state index contributed by atoms with van der Waals surface area (Å²) in [5.74, 6) is 1.07. The Balaban J connectivity index is 1.89. The highest BCUT2D eigenvalue weighted by Crippen LogP contribution is 2.52. The largest absolute Gasteiger partial charge is 0.340 e. The maximum absolute atomic E-state index is 4.72. The number of nitrogens with zero attached hydrogens (tertiary/aromatic N) is 2. The van der Waals surface area contributed by atoms with Gasteiger partial charge in [0.15, 0.2) is 5.65 Å². The van der Waals surface area contributed by atoms with Gasteiger partial charge in [0.1, 0.15) is 5.82 Å². The first-order chi connectivity index (χ1) is 9.29. The predicted molar refractivity (Wildman–Crippen MR) is 75.1 cm³/mol. The molecule has 3 heteroatoms. The fourth-order valence-corrected chi connectivity index (χ4v) is 2.81. The molecule has 0 radical (unpaired) electrons. The highest BCUT2D eigenvalue weighted by molar-refractivity contribution is 5.75. The molecule has 3 aromatic rings. The van der Waals surface area contributed by atoms with Gasteiger partial charge < -0.3 is 4.98 Å². The van der Waals surface area contributed by atoms with Gasteiger partial charge in [0, 0.05) is 6.20 Å². The SMILES string of the molecule is Cc1ccnc2nc(C3(c4ccccc4)CC3)[nH]c12. The number of aromatic amines is 1. The lowest BCUT2D eigenvalue weighted by Crippen LogP contribution is -2.10. The van der Waals surface area contributed by atoms with Crippen molar-refractivity contribution in [3.05, 3.63) is 59.5 Å². The fraction of sp³-hybridized carbons (Fsp3) is 0.250. The van der Waals surface area contributed by atoms with Crippen molar-refractivity contribution < 1.29 is 0 Å². The molecule has 19 heavy (non-hydrogen) atoms. The second-order valence-corrected chi connectivity index (χ2v) is 5.36. The van der Waals surface area contributed by atoms with Gasteiger partial charge in [-0.2, -0.15) is 0 Å². The standard InChI is InChI=1S/C16H15N3/c1-11-7-10-17-14-13(11)18-15(19-14)16(8-9-16)12-5-3-2-4-6-12/h2-7,10H,8-9H2,1H3,(H,17,18,19). The average molecular weight is 249 g/mol. The summed E-state index contributed by atoms with van der Waals surface area (Å²) in [6, 6.07) is 12.7. The van der Waals surface area contributed by atoms with E-state index in [9.17, 15) is 0 Å². The van der Waals surface area contributed by atoms with E-state index in [1.165, 1.54) is 11.1 Å². The Hall–Kier alpha value is -2.16. The van der Waals surface area contributed by atoms with Crippen LogP contribution in [0.2, 0.25) is 0 Å². The third-order valence-electron chi connectivity index (χ3n) is 4.13. The first-order valence-electron chi connectivity index (χ1n) is 6.67. The summed E-state index contributed by atoms with van der Waals surface area (Å²) in [6.45, 7) is 2.09. The molecule has 2 aromatic heterocycles. The number of imidazole rings is 1. The zero-order valence-corrected chi connectivity index (χ0v) is 10.9. The van der Waals surface area contributed by atoms with Gasteiger partial charge in [-0.05, 0) is 37.0 Å². The van der Waals surface area contributed by atoms with Crippen molar-refractivity contribution in [2.24, 2.45) is 0 Å². The Morgan fingerprint density at radius 1 is 1.11 bits per heavy atom. The average Bonchev–Trinajstić information content (AvgIpc) is 3.14.